The van der Waals surface area contributed by atoms with Gasteiger partial charge in [-0.1, -0.05) is 24.3 Å². The largest absolute Gasteiger partial charge is 0.493 e. The molecule has 3 rings (SSSR count). The third-order valence-corrected chi connectivity index (χ3v) is 3.22. The first kappa shape index (κ1) is 14.1. The highest BCUT2D eigenvalue weighted by molar-refractivity contribution is 5.75. The Bertz CT molecular complexity index is 720. The highest BCUT2D eigenvalue weighted by atomic mass is 16.5. The topological polar surface area (TPSA) is 55.6 Å². The third kappa shape index (κ3) is 3.63. The number of carbonyl (C=O) groups excluding carboxylic acids is 1. The van der Waals surface area contributed by atoms with Crippen LogP contribution < -0.4 is 10.1 Å². The lowest BCUT2D eigenvalue weighted by Crippen LogP contribution is -2.24. The molecule has 5 nitrogen and oxygen atoms in total. The summed E-state index contributed by atoms with van der Waals surface area (Å²) in [5, 5.41) is 2.85. The number of imidazole rings is 1. The molecule has 112 valence electrons. The second-order valence-electron chi connectivity index (χ2n) is 4.89. The molecular formula is C17H17N3O2. The molecule has 2 aromatic heterocycles. The Morgan fingerprint density at radius 2 is 1.95 bits per heavy atom. The molecule has 0 aliphatic heterocycles. The normalized spacial score (nSPS) is 10.5. The molecule has 3 aromatic rings. The highest BCUT2D eigenvalue weighted by Crippen LogP contribution is 2.08. The predicted molar refractivity (Wildman–Crippen MR) is 83.6 cm³/mol. The monoisotopic (exact) mass is 295 g/mol. The van der Waals surface area contributed by atoms with Crippen molar-refractivity contribution in [3.63, 3.8) is 0 Å². The number of rotatable bonds is 6. The van der Waals surface area contributed by atoms with E-state index in [-0.39, 0.29) is 5.91 Å². The van der Waals surface area contributed by atoms with Crippen molar-refractivity contribution in [1.29, 1.82) is 0 Å². The van der Waals surface area contributed by atoms with Gasteiger partial charge in [0.25, 0.3) is 0 Å². The number of ether oxygens (including phenoxy) is 1. The number of aromatic nitrogens is 2. The Labute approximate surface area is 128 Å². The van der Waals surface area contributed by atoms with Crippen LogP contribution in [-0.2, 0) is 11.3 Å². The number of carbonyl (C=O) groups is 1. The van der Waals surface area contributed by atoms with Crippen molar-refractivity contribution < 1.29 is 9.53 Å². The standard InChI is InChI=1S/C17H17N3O2/c21-17(9-11-22-15-6-2-1-3-7-15)18-12-14-13-20-10-5-4-8-16(20)19-14/h1-8,10,13H,9,11-12H2,(H,18,21). The molecule has 2 heterocycles. The van der Waals surface area contributed by atoms with Gasteiger partial charge in [0, 0.05) is 12.4 Å². The smallest absolute Gasteiger partial charge is 0.223 e. The van der Waals surface area contributed by atoms with Crippen LogP contribution in [0.15, 0.2) is 60.9 Å². The van der Waals surface area contributed by atoms with Crippen molar-refractivity contribution in [2.45, 2.75) is 13.0 Å². The number of para-hydroxylation sites is 1. The van der Waals surface area contributed by atoms with Crippen LogP contribution >= 0.6 is 0 Å². The van der Waals surface area contributed by atoms with Gasteiger partial charge in [-0.25, -0.2) is 4.98 Å². The first-order valence-electron chi connectivity index (χ1n) is 7.18. The molecule has 0 radical (unpaired) electrons. The molecule has 0 atom stereocenters. The summed E-state index contributed by atoms with van der Waals surface area (Å²) in [5.74, 6) is 0.726. The van der Waals surface area contributed by atoms with Gasteiger partial charge in [-0.3, -0.25) is 4.79 Å². The van der Waals surface area contributed by atoms with E-state index in [0.29, 0.717) is 19.6 Å². The maximum absolute atomic E-state index is 11.8. The minimum absolute atomic E-state index is 0.0482. The van der Waals surface area contributed by atoms with E-state index >= 15 is 0 Å². The molecule has 0 aliphatic rings. The van der Waals surface area contributed by atoms with E-state index < -0.39 is 0 Å². The summed E-state index contributed by atoms with van der Waals surface area (Å²) in [6.07, 6.45) is 4.17. The third-order valence-electron chi connectivity index (χ3n) is 3.22. The van der Waals surface area contributed by atoms with Crippen LogP contribution in [0.25, 0.3) is 5.65 Å². The minimum Gasteiger partial charge on any atom is -0.493 e. The molecule has 0 bridgehead atoms. The van der Waals surface area contributed by atoms with Crippen LogP contribution in [0, 0.1) is 0 Å². The lowest BCUT2D eigenvalue weighted by atomic mass is 10.3. The Morgan fingerprint density at radius 3 is 2.77 bits per heavy atom. The quantitative estimate of drug-likeness (QED) is 0.760. The Hall–Kier alpha value is -2.82. The Morgan fingerprint density at radius 1 is 1.14 bits per heavy atom. The van der Waals surface area contributed by atoms with E-state index in [4.69, 9.17) is 4.74 Å². The molecule has 1 amide bonds. The Balaban J connectivity index is 1.44. The zero-order valence-electron chi connectivity index (χ0n) is 12.1. The number of pyridine rings is 1. The number of benzene rings is 1. The van der Waals surface area contributed by atoms with E-state index in [9.17, 15) is 4.79 Å². The molecule has 0 aliphatic carbocycles. The number of amides is 1. The van der Waals surface area contributed by atoms with Crippen molar-refractivity contribution in [3.8, 4) is 5.75 Å². The lowest BCUT2D eigenvalue weighted by Gasteiger charge is -2.06. The number of nitrogens with zero attached hydrogens (tertiary/aromatic N) is 2. The highest BCUT2D eigenvalue weighted by Gasteiger charge is 2.05. The second kappa shape index (κ2) is 6.76. The summed E-state index contributed by atoms with van der Waals surface area (Å²) in [4.78, 5) is 16.2. The first-order valence-corrected chi connectivity index (χ1v) is 7.18. The number of fused-ring (bicyclic) bond motifs is 1. The Kier molecular flexibility index (Phi) is 4.34. The van der Waals surface area contributed by atoms with E-state index in [1.807, 2.05) is 65.3 Å². The van der Waals surface area contributed by atoms with Crippen molar-refractivity contribution in [2.24, 2.45) is 0 Å². The summed E-state index contributed by atoms with van der Waals surface area (Å²) < 4.78 is 7.43. The van der Waals surface area contributed by atoms with Gasteiger partial charge in [0.05, 0.1) is 25.3 Å². The van der Waals surface area contributed by atoms with Crippen LogP contribution in [0.5, 0.6) is 5.75 Å². The van der Waals surface area contributed by atoms with Gasteiger partial charge in [-0.05, 0) is 24.3 Å². The second-order valence-corrected chi connectivity index (χ2v) is 4.89. The van der Waals surface area contributed by atoms with Crippen LogP contribution in [0.3, 0.4) is 0 Å². The fourth-order valence-corrected chi connectivity index (χ4v) is 2.13. The molecule has 1 aromatic carbocycles. The van der Waals surface area contributed by atoms with Crippen molar-refractivity contribution in [3.05, 3.63) is 66.6 Å². The van der Waals surface area contributed by atoms with E-state index in [0.717, 1.165) is 17.1 Å². The maximum Gasteiger partial charge on any atom is 0.223 e. The average molecular weight is 295 g/mol. The number of nitrogens with one attached hydrogen (secondary N) is 1. The van der Waals surface area contributed by atoms with Crippen molar-refractivity contribution in [1.82, 2.24) is 14.7 Å². The number of hydrogen-bond acceptors (Lipinski definition) is 3. The van der Waals surface area contributed by atoms with Gasteiger partial charge < -0.3 is 14.5 Å². The SMILES string of the molecule is O=C(CCOc1ccccc1)NCc1cn2ccccc2n1. The molecule has 0 unspecified atom stereocenters. The first-order chi connectivity index (χ1) is 10.8. The van der Waals surface area contributed by atoms with E-state index in [2.05, 4.69) is 10.3 Å². The van der Waals surface area contributed by atoms with E-state index in [1.54, 1.807) is 0 Å². The van der Waals surface area contributed by atoms with Gasteiger partial charge in [0.2, 0.25) is 5.91 Å². The van der Waals surface area contributed by atoms with Crippen LogP contribution in [0.4, 0.5) is 0 Å². The van der Waals surface area contributed by atoms with Gasteiger partial charge in [0.1, 0.15) is 11.4 Å². The molecule has 0 saturated carbocycles. The van der Waals surface area contributed by atoms with Crippen molar-refractivity contribution >= 4 is 11.6 Å². The lowest BCUT2D eigenvalue weighted by molar-refractivity contribution is -0.121. The van der Waals surface area contributed by atoms with Gasteiger partial charge >= 0.3 is 0 Å². The summed E-state index contributed by atoms with van der Waals surface area (Å²) in [7, 11) is 0. The molecule has 0 spiro atoms. The van der Waals surface area contributed by atoms with E-state index in [1.165, 1.54) is 0 Å². The molecule has 0 saturated heterocycles. The zero-order chi connectivity index (χ0) is 15.2. The van der Waals surface area contributed by atoms with Crippen LogP contribution in [0.2, 0.25) is 0 Å². The fraction of sp³-hybridized carbons (Fsp3) is 0.176. The molecular weight excluding hydrogens is 278 g/mol. The maximum atomic E-state index is 11.8. The summed E-state index contributed by atoms with van der Waals surface area (Å²) in [5.41, 5.74) is 1.71. The average Bonchev–Trinajstić information content (AvgIpc) is 2.97. The van der Waals surface area contributed by atoms with Gasteiger partial charge in [-0.15, -0.1) is 0 Å². The van der Waals surface area contributed by atoms with Gasteiger partial charge in [-0.2, -0.15) is 0 Å². The molecule has 22 heavy (non-hydrogen) atoms. The van der Waals surface area contributed by atoms with Crippen molar-refractivity contribution in [2.75, 3.05) is 6.61 Å². The molecule has 1 N–H and O–H groups in total. The fourth-order valence-electron chi connectivity index (χ4n) is 2.13. The summed E-state index contributed by atoms with van der Waals surface area (Å²) in [6, 6.07) is 15.3. The van der Waals surface area contributed by atoms with Crippen LogP contribution in [-0.4, -0.2) is 21.9 Å². The molecule has 5 heteroatoms. The zero-order valence-corrected chi connectivity index (χ0v) is 12.1. The summed E-state index contributed by atoms with van der Waals surface area (Å²) in [6.45, 7) is 0.785. The number of hydrogen-bond donors (Lipinski definition) is 1. The predicted octanol–water partition coefficient (Wildman–Crippen LogP) is 2.42. The molecule has 0 fully saturated rings. The van der Waals surface area contributed by atoms with Gasteiger partial charge in [0.15, 0.2) is 0 Å². The minimum atomic E-state index is -0.0482. The van der Waals surface area contributed by atoms with Crippen LogP contribution in [0.1, 0.15) is 12.1 Å². The summed E-state index contributed by atoms with van der Waals surface area (Å²) >= 11 is 0.